The summed E-state index contributed by atoms with van der Waals surface area (Å²) in [5, 5.41) is 15.8. The first-order valence-corrected chi connectivity index (χ1v) is 10.4. The van der Waals surface area contributed by atoms with Gasteiger partial charge in [0.2, 0.25) is 0 Å². The SMILES string of the molecule is C=CCN1CCC(NC(=NCc2nnc(C)n2C)NC2CCCCC2)CC1.I. The first-order chi connectivity index (χ1) is 13.2. The van der Waals surface area contributed by atoms with Crippen LogP contribution in [0.25, 0.3) is 0 Å². The Morgan fingerprint density at radius 3 is 2.32 bits per heavy atom. The predicted octanol–water partition coefficient (Wildman–Crippen LogP) is 2.76. The van der Waals surface area contributed by atoms with Gasteiger partial charge in [0.25, 0.3) is 0 Å². The van der Waals surface area contributed by atoms with Crippen LogP contribution in [-0.2, 0) is 13.6 Å². The maximum Gasteiger partial charge on any atom is 0.192 e. The summed E-state index contributed by atoms with van der Waals surface area (Å²) in [6.07, 6.45) is 10.7. The zero-order valence-electron chi connectivity index (χ0n) is 17.4. The highest BCUT2D eigenvalue weighted by atomic mass is 127. The number of likely N-dealkylation sites (tertiary alicyclic amines) is 1. The second-order valence-corrected chi connectivity index (χ2v) is 7.87. The summed E-state index contributed by atoms with van der Waals surface area (Å²) in [5.41, 5.74) is 0. The Bertz CT molecular complexity index is 628. The van der Waals surface area contributed by atoms with Crippen LogP contribution in [0.15, 0.2) is 17.6 Å². The second kappa shape index (κ2) is 11.7. The van der Waals surface area contributed by atoms with Gasteiger partial charge in [-0.25, -0.2) is 4.99 Å². The van der Waals surface area contributed by atoms with Gasteiger partial charge in [-0.15, -0.1) is 40.8 Å². The molecule has 3 rings (SSSR count). The number of hydrogen-bond donors (Lipinski definition) is 2. The molecule has 1 aromatic rings. The van der Waals surface area contributed by atoms with Crippen LogP contribution in [0.2, 0.25) is 0 Å². The van der Waals surface area contributed by atoms with E-state index in [1.165, 1.54) is 32.1 Å². The molecule has 1 aliphatic heterocycles. The molecule has 2 heterocycles. The third-order valence-corrected chi connectivity index (χ3v) is 5.82. The first-order valence-electron chi connectivity index (χ1n) is 10.4. The molecule has 0 aromatic carbocycles. The van der Waals surface area contributed by atoms with Gasteiger partial charge in [-0.05, 0) is 32.6 Å². The number of guanidine groups is 1. The van der Waals surface area contributed by atoms with E-state index in [4.69, 9.17) is 4.99 Å². The van der Waals surface area contributed by atoms with Crippen LogP contribution in [-0.4, -0.2) is 57.3 Å². The Balaban J connectivity index is 0.00000280. The molecule has 2 N–H and O–H groups in total. The van der Waals surface area contributed by atoms with E-state index in [-0.39, 0.29) is 24.0 Å². The van der Waals surface area contributed by atoms with Gasteiger partial charge < -0.3 is 15.2 Å². The number of hydrogen-bond acceptors (Lipinski definition) is 4. The third-order valence-electron chi connectivity index (χ3n) is 5.82. The minimum Gasteiger partial charge on any atom is -0.354 e. The van der Waals surface area contributed by atoms with Gasteiger partial charge in [0.05, 0.1) is 0 Å². The van der Waals surface area contributed by atoms with E-state index in [2.05, 4.69) is 32.3 Å². The van der Waals surface area contributed by atoms with Crippen molar-refractivity contribution in [2.45, 2.75) is 70.5 Å². The molecule has 7 nitrogen and oxygen atoms in total. The van der Waals surface area contributed by atoms with Crippen molar-refractivity contribution in [1.82, 2.24) is 30.3 Å². The van der Waals surface area contributed by atoms with Gasteiger partial charge in [0, 0.05) is 38.8 Å². The molecule has 2 aliphatic rings. The Labute approximate surface area is 186 Å². The number of aryl methyl sites for hydroxylation is 1. The summed E-state index contributed by atoms with van der Waals surface area (Å²) in [7, 11) is 2.00. The zero-order valence-corrected chi connectivity index (χ0v) is 19.7. The molecule has 8 heteroatoms. The lowest BCUT2D eigenvalue weighted by Gasteiger charge is -2.33. The number of halogens is 1. The Hall–Kier alpha value is -1.16. The van der Waals surface area contributed by atoms with Crippen molar-refractivity contribution in [2.24, 2.45) is 12.0 Å². The van der Waals surface area contributed by atoms with Gasteiger partial charge in [-0.1, -0.05) is 25.3 Å². The molecule has 1 saturated heterocycles. The molecular weight excluding hydrogens is 465 g/mol. The topological polar surface area (TPSA) is 70.4 Å². The average Bonchev–Trinajstić information content (AvgIpc) is 3.01. The van der Waals surface area contributed by atoms with Crippen LogP contribution >= 0.6 is 24.0 Å². The molecule has 1 aromatic heterocycles. The number of nitrogens with one attached hydrogen (secondary N) is 2. The normalized spacial score (nSPS) is 19.9. The van der Waals surface area contributed by atoms with Crippen LogP contribution in [0.3, 0.4) is 0 Å². The molecule has 0 unspecified atom stereocenters. The van der Waals surface area contributed by atoms with E-state index in [9.17, 15) is 0 Å². The summed E-state index contributed by atoms with van der Waals surface area (Å²) >= 11 is 0. The molecule has 0 amide bonds. The van der Waals surface area contributed by atoms with E-state index in [0.29, 0.717) is 18.6 Å². The second-order valence-electron chi connectivity index (χ2n) is 7.87. The van der Waals surface area contributed by atoms with Crippen LogP contribution < -0.4 is 10.6 Å². The summed E-state index contributed by atoms with van der Waals surface area (Å²) < 4.78 is 2.01. The third kappa shape index (κ3) is 6.72. The Morgan fingerprint density at radius 2 is 1.75 bits per heavy atom. The van der Waals surface area contributed by atoms with Crippen molar-refractivity contribution >= 4 is 29.9 Å². The summed E-state index contributed by atoms with van der Waals surface area (Å²) in [6.45, 7) is 9.58. The molecule has 2 fully saturated rings. The highest BCUT2D eigenvalue weighted by Gasteiger charge is 2.21. The Morgan fingerprint density at radius 1 is 1.11 bits per heavy atom. The highest BCUT2D eigenvalue weighted by Crippen LogP contribution is 2.17. The maximum absolute atomic E-state index is 4.85. The fourth-order valence-corrected chi connectivity index (χ4v) is 3.95. The molecule has 1 aliphatic carbocycles. The quantitative estimate of drug-likeness (QED) is 0.272. The molecule has 158 valence electrons. The molecule has 0 spiro atoms. The summed E-state index contributed by atoms with van der Waals surface area (Å²) in [6, 6.07) is 1.01. The minimum atomic E-state index is 0. The van der Waals surface area contributed by atoms with E-state index in [0.717, 1.165) is 50.1 Å². The number of rotatable bonds is 6. The van der Waals surface area contributed by atoms with Gasteiger partial charge >= 0.3 is 0 Å². The van der Waals surface area contributed by atoms with Crippen molar-refractivity contribution in [3.05, 3.63) is 24.3 Å². The van der Waals surface area contributed by atoms with E-state index in [1.807, 2.05) is 24.6 Å². The van der Waals surface area contributed by atoms with Crippen molar-refractivity contribution in [2.75, 3.05) is 19.6 Å². The minimum absolute atomic E-state index is 0. The number of piperidine rings is 1. The molecule has 0 radical (unpaired) electrons. The first kappa shape index (κ1) is 23.1. The van der Waals surface area contributed by atoms with E-state index < -0.39 is 0 Å². The van der Waals surface area contributed by atoms with Crippen LogP contribution in [0.5, 0.6) is 0 Å². The molecule has 0 bridgehead atoms. The lowest BCUT2D eigenvalue weighted by Crippen LogP contribution is -2.51. The fraction of sp³-hybridized carbons (Fsp3) is 0.750. The van der Waals surface area contributed by atoms with E-state index >= 15 is 0 Å². The lowest BCUT2D eigenvalue weighted by atomic mass is 9.95. The van der Waals surface area contributed by atoms with Crippen molar-refractivity contribution < 1.29 is 0 Å². The van der Waals surface area contributed by atoms with Crippen molar-refractivity contribution in [3.63, 3.8) is 0 Å². The average molecular weight is 501 g/mol. The van der Waals surface area contributed by atoms with Crippen LogP contribution in [0.4, 0.5) is 0 Å². The van der Waals surface area contributed by atoms with Crippen LogP contribution in [0, 0.1) is 6.92 Å². The molecule has 1 saturated carbocycles. The predicted molar refractivity (Wildman–Crippen MR) is 125 cm³/mol. The van der Waals surface area contributed by atoms with Gasteiger partial charge in [-0.2, -0.15) is 0 Å². The van der Waals surface area contributed by atoms with Gasteiger partial charge in [-0.3, -0.25) is 4.90 Å². The molecular formula is C20H36IN7. The van der Waals surface area contributed by atoms with Crippen molar-refractivity contribution in [3.8, 4) is 0 Å². The zero-order chi connectivity index (χ0) is 19.1. The summed E-state index contributed by atoms with van der Waals surface area (Å²) in [5.74, 6) is 2.76. The smallest absolute Gasteiger partial charge is 0.192 e. The van der Waals surface area contributed by atoms with Crippen molar-refractivity contribution in [1.29, 1.82) is 0 Å². The fourth-order valence-electron chi connectivity index (χ4n) is 3.95. The van der Waals surface area contributed by atoms with Gasteiger partial charge in [0.15, 0.2) is 11.8 Å². The summed E-state index contributed by atoms with van der Waals surface area (Å²) in [4.78, 5) is 7.31. The number of nitrogens with zero attached hydrogens (tertiary/aromatic N) is 5. The largest absolute Gasteiger partial charge is 0.354 e. The molecule has 0 atom stereocenters. The standard InChI is InChI=1S/C20H35N7.HI/c1-4-12-27-13-10-18(11-14-27)23-20(22-17-8-6-5-7-9-17)21-15-19-25-24-16(2)26(19)3;/h4,17-18H,1,5-15H2,2-3H3,(H2,21,22,23);1H. The highest BCUT2D eigenvalue weighted by molar-refractivity contribution is 14.0. The van der Waals surface area contributed by atoms with E-state index in [1.54, 1.807) is 0 Å². The monoisotopic (exact) mass is 501 g/mol. The van der Waals surface area contributed by atoms with Crippen LogP contribution in [0.1, 0.15) is 56.6 Å². The maximum atomic E-state index is 4.85. The molecule has 28 heavy (non-hydrogen) atoms. The number of aromatic nitrogens is 3. The van der Waals surface area contributed by atoms with Gasteiger partial charge in [0.1, 0.15) is 12.4 Å². The Kier molecular flexibility index (Phi) is 9.70. The lowest BCUT2D eigenvalue weighted by molar-refractivity contribution is 0.224. The number of aliphatic imine (C=N–C) groups is 1.